The van der Waals surface area contributed by atoms with E-state index in [1.807, 2.05) is 0 Å². The molecule has 0 aliphatic carbocycles. The van der Waals surface area contributed by atoms with Crippen molar-refractivity contribution in [1.29, 1.82) is 0 Å². The standard InChI is InChI=1S/C14H12F3NO2/c1-19-12-4-2-3-5-13(12)20-11-7-6-9(18)8-10(11)14(15,16)17/h2-8H,18H2,1H3. The molecule has 6 heteroatoms. The number of halogens is 3. The Morgan fingerprint density at radius 1 is 0.950 bits per heavy atom. The van der Waals surface area contributed by atoms with Gasteiger partial charge in [-0.25, -0.2) is 0 Å². The molecule has 0 unspecified atom stereocenters. The molecule has 2 N–H and O–H groups in total. The number of methoxy groups -OCH3 is 1. The molecule has 0 bridgehead atoms. The van der Waals surface area contributed by atoms with Crippen LogP contribution in [0.25, 0.3) is 0 Å². The highest BCUT2D eigenvalue weighted by Gasteiger charge is 2.35. The zero-order chi connectivity index (χ0) is 14.8. The number of hydrogen-bond donors (Lipinski definition) is 1. The maximum absolute atomic E-state index is 12.9. The molecule has 0 heterocycles. The molecule has 0 amide bonds. The van der Waals surface area contributed by atoms with Crippen LogP contribution in [0.15, 0.2) is 42.5 Å². The van der Waals surface area contributed by atoms with Gasteiger partial charge in [0.25, 0.3) is 0 Å². The van der Waals surface area contributed by atoms with Crippen LogP contribution in [0.1, 0.15) is 5.56 Å². The van der Waals surface area contributed by atoms with Crippen LogP contribution >= 0.6 is 0 Å². The number of ether oxygens (including phenoxy) is 2. The molecule has 0 spiro atoms. The lowest BCUT2D eigenvalue weighted by atomic mass is 10.1. The molecule has 0 aliphatic heterocycles. The van der Waals surface area contributed by atoms with Crippen LogP contribution in [-0.2, 0) is 6.18 Å². The molecule has 0 saturated heterocycles. The molecule has 2 aromatic carbocycles. The van der Waals surface area contributed by atoms with E-state index in [9.17, 15) is 13.2 Å². The van der Waals surface area contributed by atoms with Crippen molar-refractivity contribution < 1.29 is 22.6 Å². The van der Waals surface area contributed by atoms with Crippen molar-refractivity contribution in [1.82, 2.24) is 0 Å². The molecule has 0 atom stereocenters. The first-order valence-electron chi connectivity index (χ1n) is 5.69. The number of alkyl halides is 3. The Balaban J connectivity index is 2.44. The van der Waals surface area contributed by atoms with Crippen molar-refractivity contribution in [3.05, 3.63) is 48.0 Å². The summed E-state index contributed by atoms with van der Waals surface area (Å²) in [5, 5.41) is 0. The summed E-state index contributed by atoms with van der Waals surface area (Å²) in [4.78, 5) is 0. The van der Waals surface area contributed by atoms with Crippen LogP contribution in [-0.4, -0.2) is 7.11 Å². The van der Waals surface area contributed by atoms with Crippen molar-refractivity contribution in [3.8, 4) is 17.2 Å². The molecule has 20 heavy (non-hydrogen) atoms. The van der Waals surface area contributed by atoms with E-state index in [1.54, 1.807) is 18.2 Å². The van der Waals surface area contributed by atoms with Gasteiger partial charge in [0, 0.05) is 5.69 Å². The van der Waals surface area contributed by atoms with Crippen LogP contribution in [0.5, 0.6) is 17.2 Å². The summed E-state index contributed by atoms with van der Waals surface area (Å²) in [6, 6.07) is 9.83. The predicted molar refractivity (Wildman–Crippen MR) is 68.9 cm³/mol. The van der Waals surface area contributed by atoms with Gasteiger partial charge >= 0.3 is 6.18 Å². The Hall–Kier alpha value is -2.37. The number of hydrogen-bond acceptors (Lipinski definition) is 3. The number of anilines is 1. The monoisotopic (exact) mass is 283 g/mol. The number of benzene rings is 2. The molecular weight excluding hydrogens is 271 g/mol. The minimum absolute atomic E-state index is 0.0182. The zero-order valence-corrected chi connectivity index (χ0v) is 10.6. The van der Waals surface area contributed by atoms with E-state index in [0.29, 0.717) is 5.75 Å². The topological polar surface area (TPSA) is 44.5 Å². The smallest absolute Gasteiger partial charge is 0.420 e. The third kappa shape index (κ3) is 2.96. The number of rotatable bonds is 3. The van der Waals surface area contributed by atoms with E-state index in [4.69, 9.17) is 15.2 Å². The van der Waals surface area contributed by atoms with Gasteiger partial charge in [0.15, 0.2) is 11.5 Å². The second kappa shape index (κ2) is 5.32. The zero-order valence-electron chi connectivity index (χ0n) is 10.6. The molecule has 0 radical (unpaired) electrons. The summed E-state index contributed by atoms with van der Waals surface area (Å²) in [7, 11) is 1.41. The van der Waals surface area contributed by atoms with Gasteiger partial charge in [-0.2, -0.15) is 13.2 Å². The average molecular weight is 283 g/mol. The Kier molecular flexibility index (Phi) is 3.74. The molecule has 2 rings (SSSR count). The summed E-state index contributed by atoms with van der Waals surface area (Å²) < 4.78 is 49.2. The Morgan fingerprint density at radius 3 is 2.20 bits per heavy atom. The van der Waals surface area contributed by atoms with Crippen LogP contribution in [0.3, 0.4) is 0 Å². The van der Waals surface area contributed by atoms with Gasteiger partial charge in [0.1, 0.15) is 11.3 Å². The summed E-state index contributed by atoms with van der Waals surface area (Å²) in [5.74, 6) is 0.221. The van der Waals surface area contributed by atoms with Crippen molar-refractivity contribution in [2.75, 3.05) is 12.8 Å². The lowest BCUT2D eigenvalue weighted by Gasteiger charge is -2.15. The van der Waals surface area contributed by atoms with Gasteiger partial charge in [-0.15, -0.1) is 0 Å². The number of nitrogens with two attached hydrogens (primary N) is 1. The minimum Gasteiger partial charge on any atom is -0.493 e. The summed E-state index contributed by atoms with van der Waals surface area (Å²) in [5.41, 5.74) is 4.48. The Bertz CT molecular complexity index is 612. The lowest BCUT2D eigenvalue weighted by molar-refractivity contribution is -0.138. The fourth-order valence-electron chi connectivity index (χ4n) is 1.68. The first-order chi connectivity index (χ1) is 9.41. The molecule has 0 aromatic heterocycles. The van der Waals surface area contributed by atoms with Crippen molar-refractivity contribution in [2.24, 2.45) is 0 Å². The van der Waals surface area contributed by atoms with E-state index >= 15 is 0 Å². The summed E-state index contributed by atoms with van der Waals surface area (Å²) in [6.07, 6.45) is -4.55. The van der Waals surface area contributed by atoms with E-state index in [1.165, 1.54) is 25.3 Å². The maximum Gasteiger partial charge on any atom is 0.420 e. The molecule has 3 nitrogen and oxygen atoms in total. The molecule has 0 fully saturated rings. The minimum atomic E-state index is -4.55. The van der Waals surface area contributed by atoms with Gasteiger partial charge in [-0.05, 0) is 30.3 Å². The Morgan fingerprint density at radius 2 is 1.60 bits per heavy atom. The summed E-state index contributed by atoms with van der Waals surface area (Å²) in [6.45, 7) is 0. The van der Waals surface area contributed by atoms with E-state index in [0.717, 1.165) is 6.07 Å². The SMILES string of the molecule is COc1ccccc1Oc1ccc(N)cc1C(F)(F)F. The molecular formula is C14H12F3NO2. The van der Waals surface area contributed by atoms with Gasteiger partial charge in [-0.3, -0.25) is 0 Å². The highest BCUT2D eigenvalue weighted by molar-refractivity contribution is 5.51. The predicted octanol–water partition coefficient (Wildman–Crippen LogP) is 4.09. The van der Waals surface area contributed by atoms with Crippen molar-refractivity contribution >= 4 is 5.69 Å². The van der Waals surface area contributed by atoms with Gasteiger partial charge in [0.05, 0.1) is 7.11 Å². The third-order valence-corrected chi connectivity index (χ3v) is 2.60. The van der Waals surface area contributed by atoms with E-state index in [2.05, 4.69) is 0 Å². The molecule has 0 saturated carbocycles. The van der Waals surface area contributed by atoms with E-state index in [-0.39, 0.29) is 17.2 Å². The van der Waals surface area contributed by atoms with Crippen LogP contribution in [0, 0.1) is 0 Å². The fourth-order valence-corrected chi connectivity index (χ4v) is 1.68. The first kappa shape index (κ1) is 14.0. The highest BCUT2D eigenvalue weighted by Crippen LogP contribution is 2.40. The molecule has 0 aliphatic rings. The first-order valence-corrected chi connectivity index (χ1v) is 5.69. The van der Waals surface area contributed by atoms with Crippen LogP contribution in [0.4, 0.5) is 18.9 Å². The number of nitrogen functional groups attached to an aromatic ring is 1. The van der Waals surface area contributed by atoms with Crippen molar-refractivity contribution in [2.45, 2.75) is 6.18 Å². The highest BCUT2D eigenvalue weighted by atomic mass is 19.4. The third-order valence-electron chi connectivity index (χ3n) is 2.60. The maximum atomic E-state index is 12.9. The largest absolute Gasteiger partial charge is 0.493 e. The summed E-state index contributed by atoms with van der Waals surface area (Å²) >= 11 is 0. The van der Waals surface area contributed by atoms with E-state index < -0.39 is 11.7 Å². The Labute approximate surface area is 113 Å². The normalized spacial score (nSPS) is 11.2. The molecule has 2 aromatic rings. The van der Waals surface area contributed by atoms with Crippen molar-refractivity contribution in [3.63, 3.8) is 0 Å². The quantitative estimate of drug-likeness (QED) is 0.863. The second-order valence-corrected chi connectivity index (χ2v) is 4.01. The fraction of sp³-hybridized carbons (Fsp3) is 0.143. The van der Waals surface area contributed by atoms with Crippen LogP contribution in [0.2, 0.25) is 0 Å². The second-order valence-electron chi connectivity index (χ2n) is 4.01. The average Bonchev–Trinajstić information content (AvgIpc) is 2.40. The lowest BCUT2D eigenvalue weighted by Crippen LogP contribution is -2.08. The van der Waals surface area contributed by atoms with Crippen LogP contribution < -0.4 is 15.2 Å². The van der Waals surface area contributed by atoms with Gasteiger partial charge in [-0.1, -0.05) is 12.1 Å². The molecule has 106 valence electrons. The van der Waals surface area contributed by atoms with Gasteiger partial charge < -0.3 is 15.2 Å². The van der Waals surface area contributed by atoms with Gasteiger partial charge in [0.2, 0.25) is 0 Å². The number of para-hydroxylation sites is 2.